The molecule has 0 saturated heterocycles. The van der Waals surface area contributed by atoms with Crippen LogP contribution in [0, 0.1) is 0 Å². The lowest BCUT2D eigenvalue weighted by molar-refractivity contribution is 0.387. The summed E-state index contributed by atoms with van der Waals surface area (Å²) in [5.41, 5.74) is 3.16. The molecule has 0 aliphatic rings. The van der Waals surface area contributed by atoms with Crippen molar-refractivity contribution in [3.63, 3.8) is 0 Å². The largest absolute Gasteiger partial charge is 0.346 e. The Morgan fingerprint density at radius 1 is 1.03 bits per heavy atom. The number of hydrogen-bond donors (Lipinski definition) is 1. The van der Waals surface area contributed by atoms with Gasteiger partial charge < -0.3 is 14.8 Å². The minimum Gasteiger partial charge on any atom is -0.346 e. The molecule has 0 aliphatic heterocycles. The molecule has 4 aromatic heterocycles. The highest BCUT2D eigenvalue weighted by Crippen LogP contribution is 2.24. The molecule has 0 unspecified atom stereocenters. The summed E-state index contributed by atoms with van der Waals surface area (Å²) in [5, 5.41) is 5.88. The van der Waals surface area contributed by atoms with Crippen molar-refractivity contribution in [2.45, 2.75) is 13.1 Å². The molecule has 6 aromatic rings. The quantitative estimate of drug-likeness (QED) is 0.306. The van der Waals surface area contributed by atoms with Gasteiger partial charge in [0.1, 0.15) is 5.39 Å². The standard InChI is InChI=1S/C29H28N8O/c1-4-14-36-28(38)23-19-30-29(31-22-10-11-25-21(18-22)13-15-35(25)17-16-34(2)3)33-27(23)37(36)26-12-9-20-7-5-6-8-24(20)32-26/h4-13,15,18-19H,1,14,16-17H2,2-3H3,(H,30,31,33). The maximum atomic E-state index is 13.3. The first-order valence-corrected chi connectivity index (χ1v) is 12.5. The lowest BCUT2D eigenvalue weighted by Gasteiger charge is -2.12. The Kier molecular flexibility index (Phi) is 5.97. The number of fused-ring (bicyclic) bond motifs is 3. The van der Waals surface area contributed by atoms with Crippen molar-refractivity contribution in [2.24, 2.45) is 0 Å². The summed E-state index contributed by atoms with van der Waals surface area (Å²) in [5.74, 6) is 0.997. The number of anilines is 2. The number of benzene rings is 2. The maximum absolute atomic E-state index is 13.3. The molecular weight excluding hydrogens is 476 g/mol. The first kappa shape index (κ1) is 23.6. The van der Waals surface area contributed by atoms with Gasteiger partial charge in [0.2, 0.25) is 5.95 Å². The minimum atomic E-state index is -0.193. The summed E-state index contributed by atoms with van der Waals surface area (Å²) >= 11 is 0. The van der Waals surface area contributed by atoms with Gasteiger partial charge in [0, 0.05) is 47.5 Å². The van der Waals surface area contributed by atoms with Crippen LogP contribution in [0.1, 0.15) is 0 Å². The Morgan fingerprint density at radius 3 is 2.74 bits per heavy atom. The highest BCUT2D eigenvalue weighted by atomic mass is 16.1. The normalized spacial score (nSPS) is 11.7. The van der Waals surface area contributed by atoms with Crippen LogP contribution in [-0.4, -0.2) is 54.4 Å². The third-order valence-corrected chi connectivity index (χ3v) is 6.59. The van der Waals surface area contributed by atoms with Crippen molar-refractivity contribution in [1.29, 1.82) is 0 Å². The number of nitrogens with zero attached hydrogens (tertiary/aromatic N) is 7. The van der Waals surface area contributed by atoms with E-state index in [0.717, 1.165) is 35.1 Å². The van der Waals surface area contributed by atoms with Gasteiger partial charge in [-0.3, -0.25) is 4.79 Å². The van der Waals surface area contributed by atoms with Crippen molar-refractivity contribution in [1.82, 2.24) is 33.8 Å². The van der Waals surface area contributed by atoms with Crippen molar-refractivity contribution >= 4 is 44.5 Å². The Morgan fingerprint density at radius 2 is 1.89 bits per heavy atom. The highest BCUT2D eigenvalue weighted by Gasteiger charge is 2.18. The Balaban J connectivity index is 1.40. The summed E-state index contributed by atoms with van der Waals surface area (Å²) < 4.78 is 5.57. The second-order valence-corrected chi connectivity index (χ2v) is 9.49. The van der Waals surface area contributed by atoms with E-state index >= 15 is 0 Å². The molecule has 4 heterocycles. The van der Waals surface area contributed by atoms with E-state index < -0.39 is 0 Å². The Bertz CT molecular complexity index is 1860. The predicted molar refractivity (Wildman–Crippen MR) is 152 cm³/mol. The fourth-order valence-corrected chi connectivity index (χ4v) is 4.69. The monoisotopic (exact) mass is 504 g/mol. The maximum Gasteiger partial charge on any atom is 0.278 e. The molecule has 9 nitrogen and oxygen atoms in total. The van der Waals surface area contributed by atoms with Crippen molar-refractivity contribution in [2.75, 3.05) is 26.0 Å². The van der Waals surface area contributed by atoms with Crippen LogP contribution in [0.2, 0.25) is 0 Å². The molecule has 0 amide bonds. The van der Waals surface area contributed by atoms with Gasteiger partial charge in [-0.25, -0.2) is 19.3 Å². The lowest BCUT2D eigenvalue weighted by atomic mass is 10.2. The highest BCUT2D eigenvalue weighted by molar-refractivity contribution is 5.85. The average Bonchev–Trinajstić information content (AvgIpc) is 3.45. The number of aromatic nitrogens is 6. The van der Waals surface area contributed by atoms with Crippen LogP contribution in [0.5, 0.6) is 0 Å². The van der Waals surface area contributed by atoms with Gasteiger partial charge in [-0.2, -0.15) is 4.98 Å². The van der Waals surface area contributed by atoms with Crippen molar-refractivity contribution in [3.8, 4) is 5.82 Å². The summed E-state index contributed by atoms with van der Waals surface area (Å²) in [7, 11) is 4.15. The number of allylic oxidation sites excluding steroid dienone is 1. The summed E-state index contributed by atoms with van der Waals surface area (Å²) in [6.45, 7) is 6.03. The molecule has 1 N–H and O–H groups in total. The number of para-hydroxylation sites is 1. The third kappa shape index (κ3) is 4.22. The first-order chi connectivity index (χ1) is 18.5. The van der Waals surface area contributed by atoms with E-state index in [4.69, 9.17) is 9.97 Å². The zero-order chi connectivity index (χ0) is 26.2. The van der Waals surface area contributed by atoms with Gasteiger partial charge in [-0.05, 0) is 56.6 Å². The van der Waals surface area contributed by atoms with Crippen molar-refractivity contribution < 1.29 is 0 Å². The van der Waals surface area contributed by atoms with Gasteiger partial charge in [0.25, 0.3) is 5.56 Å². The fraction of sp³-hybridized carbons (Fsp3) is 0.172. The van der Waals surface area contributed by atoms with E-state index in [9.17, 15) is 4.79 Å². The number of hydrogen-bond acceptors (Lipinski definition) is 6. The van der Waals surface area contributed by atoms with Gasteiger partial charge in [0.15, 0.2) is 11.5 Å². The molecule has 0 atom stereocenters. The van der Waals surface area contributed by atoms with Crippen LogP contribution < -0.4 is 10.9 Å². The molecule has 0 radical (unpaired) electrons. The second-order valence-electron chi connectivity index (χ2n) is 9.49. The minimum absolute atomic E-state index is 0.193. The third-order valence-electron chi connectivity index (χ3n) is 6.59. The molecule has 0 aliphatic carbocycles. The number of nitrogens with one attached hydrogen (secondary N) is 1. The van der Waals surface area contributed by atoms with E-state index in [-0.39, 0.29) is 5.56 Å². The van der Waals surface area contributed by atoms with Crippen molar-refractivity contribution in [3.05, 3.63) is 96.1 Å². The van der Waals surface area contributed by atoms with E-state index in [0.29, 0.717) is 29.3 Å². The van der Waals surface area contributed by atoms with E-state index in [2.05, 4.69) is 64.8 Å². The van der Waals surface area contributed by atoms with Crippen LogP contribution in [0.15, 0.2) is 90.5 Å². The zero-order valence-electron chi connectivity index (χ0n) is 21.4. The van der Waals surface area contributed by atoms with Crippen LogP contribution in [0.4, 0.5) is 11.6 Å². The molecule has 190 valence electrons. The lowest BCUT2D eigenvalue weighted by Crippen LogP contribution is -2.22. The van der Waals surface area contributed by atoms with Crippen LogP contribution in [-0.2, 0) is 13.1 Å². The second kappa shape index (κ2) is 9.60. The van der Waals surface area contributed by atoms with E-state index in [1.807, 2.05) is 42.5 Å². The smallest absolute Gasteiger partial charge is 0.278 e. The van der Waals surface area contributed by atoms with Gasteiger partial charge >= 0.3 is 0 Å². The topological polar surface area (TPSA) is 85.8 Å². The molecule has 0 spiro atoms. The zero-order valence-corrected chi connectivity index (χ0v) is 21.4. The van der Waals surface area contributed by atoms with E-state index in [1.165, 1.54) is 5.52 Å². The van der Waals surface area contributed by atoms with Gasteiger partial charge in [-0.1, -0.05) is 24.3 Å². The first-order valence-electron chi connectivity index (χ1n) is 12.5. The molecule has 9 heteroatoms. The fourth-order valence-electron chi connectivity index (χ4n) is 4.69. The van der Waals surface area contributed by atoms with Crippen LogP contribution >= 0.6 is 0 Å². The van der Waals surface area contributed by atoms with E-state index in [1.54, 1.807) is 21.6 Å². The van der Waals surface area contributed by atoms with Crippen LogP contribution in [0.25, 0.3) is 38.7 Å². The summed E-state index contributed by atoms with van der Waals surface area (Å²) in [6, 6.07) is 20.1. The van der Waals surface area contributed by atoms with Crippen LogP contribution in [0.3, 0.4) is 0 Å². The van der Waals surface area contributed by atoms with Gasteiger partial charge in [-0.15, -0.1) is 6.58 Å². The number of rotatable bonds is 8. The SMILES string of the molecule is C=CCn1c(=O)c2cnc(Nc3ccc4c(ccn4CCN(C)C)c3)nc2n1-c1ccc2ccccc2n1. The molecule has 6 rings (SSSR count). The molecule has 0 fully saturated rings. The molecule has 0 bridgehead atoms. The predicted octanol–water partition coefficient (Wildman–Crippen LogP) is 4.58. The molecule has 38 heavy (non-hydrogen) atoms. The molecule has 2 aromatic carbocycles. The number of pyridine rings is 1. The summed E-state index contributed by atoms with van der Waals surface area (Å²) in [4.78, 5) is 29.4. The molecule has 0 saturated carbocycles. The van der Waals surface area contributed by atoms with Gasteiger partial charge in [0.05, 0.1) is 12.1 Å². The Labute approximate surface area is 219 Å². The Hall–Kier alpha value is -4.76. The summed E-state index contributed by atoms with van der Waals surface area (Å²) in [6.07, 6.45) is 5.36. The number of likely N-dealkylation sites (N-methyl/N-ethyl adjacent to an activating group) is 1. The molecular formula is C29H28N8O. The average molecular weight is 505 g/mol.